The van der Waals surface area contributed by atoms with Gasteiger partial charge in [-0.3, -0.25) is 28.9 Å². The van der Waals surface area contributed by atoms with Crippen LogP contribution in [0.2, 0.25) is 0 Å². The number of imide groups is 1. The lowest BCUT2D eigenvalue weighted by Gasteiger charge is -2.17. The summed E-state index contributed by atoms with van der Waals surface area (Å²) in [4.78, 5) is 65.8. The fourth-order valence-corrected chi connectivity index (χ4v) is 5.99. The van der Waals surface area contributed by atoms with Gasteiger partial charge >= 0.3 is 0 Å². The van der Waals surface area contributed by atoms with Crippen LogP contribution in [0.15, 0.2) is 0 Å². The zero-order valence-electron chi connectivity index (χ0n) is 30.2. The van der Waals surface area contributed by atoms with Crippen LogP contribution in [0.25, 0.3) is 0 Å². The van der Waals surface area contributed by atoms with Crippen molar-refractivity contribution in [3.63, 3.8) is 0 Å². The molecule has 1 unspecified atom stereocenters. The van der Waals surface area contributed by atoms with E-state index in [1.54, 1.807) is 0 Å². The Balaban J connectivity index is 2.08. The highest BCUT2D eigenvalue weighted by atomic mass is 32.2. The molecule has 1 heterocycles. The molecule has 14 nitrogen and oxygen atoms in total. The summed E-state index contributed by atoms with van der Waals surface area (Å²) in [6.07, 6.45) is 3.15. The normalized spacial score (nSPS) is 15.4. The second-order valence-corrected chi connectivity index (χ2v) is 13.2. The van der Waals surface area contributed by atoms with Crippen LogP contribution in [-0.4, -0.2) is 164 Å². The molecular formula is C34H61N3O11S. The Labute approximate surface area is 296 Å². The van der Waals surface area contributed by atoms with Crippen LogP contribution >= 0.6 is 11.8 Å². The number of nitrogens with zero attached hydrogens (tertiary/aromatic N) is 2. The highest BCUT2D eigenvalue weighted by Crippen LogP contribution is 2.28. The van der Waals surface area contributed by atoms with Gasteiger partial charge in [0.05, 0.1) is 77.2 Å². The summed E-state index contributed by atoms with van der Waals surface area (Å²) in [5.74, 6) is -1.27. The van der Waals surface area contributed by atoms with Gasteiger partial charge in [-0.15, -0.1) is 11.8 Å². The molecule has 3 amide bonds. The van der Waals surface area contributed by atoms with E-state index in [0.29, 0.717) is 98.4 Å². The molecule has 0 aliphatic carbocycles. The smallest absolute Gasteiger partial charge is 0.242 e. The van der Waals surface area contributed by atoms with Gasteiger partial charge in [0.15, 0.2) is 0 Å². The number of hydrogen-bond donors (Lipinski definition) is 1. The Morgan fingerprint density at radius 1 is 0.776 bits per heavy atom. The largest absolute Gasteiger partial charge is 0.379 e. The number of amides is 3. The minimum Gasteiger partial charge on any atom is -0.379 e. The van der Waals surface area contributed by atoms with Gasteiger partial charge in [0.25, 0.3) is 0 Å². The fraction of sp³-hybridized carbons (Fsp3) is 0.853. The van der Waals surface area contributed by atoms with Crippen LogP contribution in [0.3, 0.4) is 0 Å². The molecular weight excluding hydrogens is 658 g/mol. The van der Waals surface area contributed by atoms with Crippen molar-refractivity contribution in [3.8, 4) is 0 Å². The first kappa shape index (κ1) is 45.0. The number of likely N-dealkylation sites (tertiary alicyclic amines) is 1. The van der Waals surface area contributed by atoms with E-state index in [-0.39, 0.29) is 60.8 Å². The van der Waals surface area contributed by atoms with Gasteiger partial charge in [-0.2, -0.15) is 0 Å². The first-order valence-corrected chi connectivity index (χ1v) is 18.6. The first-order chi connectivity index (χ1) is 23.7. The number of nitrogens with one attached hydrogen (secondary N) is 1. The number of ether oxygens (including phenoxy) is 6. The Kier molecular flexibility index (Phi) is 27.3. The molecule has 1 rings (SSSR count). The lowest BCUT2D eigenvalue weighted by Crippen LogP contribution is -2.34. The average Bonchev–Trinajstić information content (AvgIpc) is 3.35. The number of ketones is 2. The van der Waals surface area contributed by atoms with Crippen molar-refractivity contribution in [1.82, 2.24) is 15.1 Å². The molecule has 0 spiro atoms. The summed E-state index contributed by atoms with van der Waals surface area (Å²) in [7, 11) is 5.39. The predicted molar refractivity (Wildman–Crippen MR) is 187 cm³/mol. The SMILES string of the molecule is CCCOCCOCCOCCOCCOCCOCCCC(=O)CCN1C(=O)CC(SC[C@H](CC(=O)CCCN(C)C)C(=O)NC)C1=O. The third kappa shape index (κ3) is 23.2. The molecule has 15 heteroatoms. The van der Waals surface area contributed by atoms with Crippen LogP contribution in [0.4, 0.5) is 0 Å². The van der Waals surface area contributed by atoms with Gasteiger partial charge in [0, 0.05) is 64.7 Å². The van der Waals surface area contributed by atoms with Gasteiger partial charge in [-0.25, -0.2) is 0 Å². The fourth-order valence-electron chi connectivity index (χ4n) is 4.73. The van der Waals surface area contributed by atoms with E-state index in [1.165, 1.54) is 18.8 Å². The lowest BCUT2D eigenvalue weighted by atomic mass is 10.0. The monoisotopic (exact) mass is 719 g/mol. The molecule has 2 atom stereocenters. The zero-order chi connectivity index (χ0) is 36.1. The van der Waals surface area contributed by atoms with Crippen molar-refractivity contribution in [2.24, 2.45) is 5.92 Å². The molecule has 1 fully saturated rings. The second kappa shape index (κ2) is 29.7. The van der Waals surface area contributed by atoms with Gasteiger partial charge in [0.2, 0.25) is 17.7 Å². The van der Waals surface area contributed by atoms with E-state index in [0.717, 1.165) is 24.5 Å². The zero-order valence-corrected chi connectivity index (χ0v) is 31.0. The van der Waals surface area contributed by atoms with Crippen molar-refractivity contribution >= 4 is 41.0 Å². The van der Waals surface area contributed by atoms with Gasteiger partial charge in [-0.1, -0.05) is 6.92 Å². The van der Waals surface area contributed by atoms with E-state index in [1.807, 2.05) is 19.0 Å². The van der Waals surface area contributed by atoms with Crippen LogP contribution in [0, 0.1) is 5.92 Å². The number of hydrogen-bond acceptors (Lipinski definition) is 13. The molecule has 1 saturated heterocycles. The number of Topliss-reactive ketones (excluding diaryl/α,β-unsaturated/α-hetero) is 2. The second-order valence-electron chi connectivity index (χ2n) is 11.9. The minimum absolute atomic E-state index is 0.00459. The minimum atomic E-state index is -0.619. The van der Waals surface area contributed by atoms with Crippen molar-refractivity contribution < 1.29 is 52.4 Å². The topological polar surface area (TPSA) is 159 Å². The molecule has 1 aliphatic rings. The van der Waals surface area contributed by atoms with E-state index in [2.05, 4.69) is 12.2 Å². The van der Waals surface area contributed by atoms with Gasteiger partial charge < -0.3 is 38.6 Å². The molecule has 0 aromatic carbocycles. The number of carbonyl (C=O) groups is 5. The number of carbonyl (C=O) groups excluding carboxylic acids is 5. The van der Waals surface area contributed by atoms with Gasteiger partial charge in [-0.05, 0) is 39.9 Å². The predicted octanol–water partition coefficient (Wildman–Crippen LogP) is 1.76. The maximum Gasteiger partial charge on any atom is 0.242 e. The van der Waals surface area contributed by atoms with Crippen LogP contribution in [-0.2, 0) is 52.4 Å². The summed E-state index contributed by atoms with van der Waals surface area (Å²) < 4.78 is 32.6. The highest BCUT2D eigenvalue weighted by molar-refractivity contribution is 8.00. The molecule has 0 radical (unpaired) electrons. The van der Waals surface area contributed by atoms with E-state index < -0.39 is 11.2 Å². The van der Waals surface area contributed by atoms with E-state index in [4.69, 9.17) is 28.4 Å². The summed E-state index contributed by atoms with van der Waals surface area (Å²) in [6, 6.07) is 0. The van der Waals surface area contributed by atoms with Crippen molar-refractivity contribution in [2.45, 2.75) is 63.5 Å². The number of rotatable bonds is 34. The van der Waals surface area contributed by atoms with Crippen molar-refractivity contribution in [3.05, 3.63) is 0 Å². The highest BCUT2D eigenvalue weighted by Gasteiger charge is 2.39. The maximum atomic E-state index is 12.9. The maximum absolute atomic E-state index is 12.9. The standard InChI is InChI=1S/C34H61N3O11S/c1-5-13-43-15-17-45-19-21-47-23-24-48-22-20-46-18-16-44-14-7-9-29(38)10-12-37-32(40)26-31(34(37)42)49-27-28(33(41)35-2)25-30(39)8-6-11-36(3)4/h28,31H,5-27H2,1-4H3,(H,35,41)/t28-,31?/m0/s1. The Morgan fingerprint density at radius 2 is 1.29 bits per heavy atom. The molecule has 284 valence electrons. The van der Waals surface area contributed by atoms with Crippen molar-refractivity contribution in [1.29, 1.82) is 0 Å². The number of thioether (sulfide) groups is 1. The molecule has 49 heavy (non-hydrogen) atoms. The van der Waals surface area contributed by atoms with Crippen LogP contribution < -0.4 is 5.32 Å². The summed E-state index contributed by atoms with van der Waals surface area (Å²) in [5, 5.41) is 1.98. The average molecular weight is 720 g/mol. The summed E-state index contributed by atoms with van der Waals surface area (Å²) in [5.41, 5.74) is 0. The molecule has 0 aromatic heterocycles. The quantitative estimate of drug-likeness (QED) is 0.0758. The lowest BCUT2D eigenvalue weighted by molar-refractivity contribution is -0.138. The molecule has 0 aromatic rings. The summed E-state index contributed by atoms with van der Waals surface area (Å²) in [6.45, 7) is 8.98. The Bertz CT molecular complexity index is 941. The third-order valence-corrected chi connectivity index (χ3v) is 8.79. The first-order valence-electron chi connectivity index (χ1n) is 17.5. The molecule has 1 aliphatic heterocycles. The van der Waals surface area contributed by atoms with E-state index >= 15 is 0 Å². The van der Waals surface area contributed by atoms with E-state index in [9.17, 15) is 24.0 Å². The Morgan fingerprint density at radius 3 is 1.80 bits per heavy atom. The van der Waals surface area contributed by atoms with Crippen LogP contribution in [0.5, 0.6) is 0 Å². The van der Waals surface area contributed by atoms with Crippen molar-refractivity contribution in [2.75, 3.05) is 119 Å². The molecule has 0 saturated carbocycles. The molecule has 0 bridgehead atoms. The molecule has 1 N–H and O–H groups in total. The van der Waals surface area contributed by atoms with Gasteiger partial charge in [0.1, 0.15) is 11.6 Å². The third-order valence-electron chi connectivity index (χ3n) is 7.42. The summed E-state index contributed by atoms with van der Waals surface area (Å²) >= 11 is 1.23. The Hall–Kier alpha value is -1.98. The van der Waals surface area contributed by atoms with Crippen LogP contribution in [0.1, 0.15) is 58.3 Å².